The number of nitro benzene ring substituents is 1. The molecule has 9 nitrogen and oxygen atoms in total. The highest BCUT2D eigenvalue weighted by molar-refractivity contribution is 7.92. The largest absolute Gasteiger partial charge is 0.295 e. The molecule has 0 unspecified atom stereocenters. The van der Waals surface area contributed by atoms with Crippen LogP contribution in [0.25, 0.3) is 11.0 Å². The van der Waals surface area contributed by atoms with Crippen LogP contribution in [0.4, 0.5) is 11.4 Å². The Morgan fingerprint density at radius 3 is 2.48 bits per heavy atom. The van der Waals surface area contributed by atoms with Crippen molar-refractivity contribution >= 4 is 32.4 Å². The molecule has 118 valence electrons. The summed E-state index contributed by atoms with van der Waals surface area (Å²) in [5, 5.41) is 18.2. The summed E-state index contributed by atoms with van der Waals surface area (Å²) in [5.74, 6) is 0. The van der Waals surface area contributed by atoms with Crippen LogP contribution in [-0.2, 0) is 10.0 Å². The quantitative estimate of drug-likeness (QED) is 0.572. The summed E-state index contributed by atoms with van der Waals surface area (Å²) >= 11 is 0. The number of nitrogens with zero attached hydrogens (tertiary/aromatic N) is 3. The summed E-state index contributed by atoms with van der Waals surface area (Å²) in [6.07, 6.45) is 0. The number of nitro groups is 1. The minimum Gasteiger partial charge on any atom is -0.271 e. The van der Waals surface area contributed by atoms with Crippen molar-refractivity contribution in [1.82, 2.24) is 10.3 Å². The molecule has 23 heavy (non-hydrogen) atoms. The van der Waals surface area contributed by atoms with E-state index in [-0.39, 0.29) is 21.6 Å². The minimum atomic E-state index is -4.02. The van der Waals surface area contributed by atoms with Gasteiger partial charge in [-0.1, -0.05) is 17.7 Å². The summed E-state index contributed by atoms with van der Waals surface area (Å²) < 4.78 is 31.6. The highest BCUT2D eigenvalue weighted by Gasteiger charge is 2.25. The van der Waals surface area contributed by atoms with E-state index < -0.39 is 20.6 Å². The van der Waals surface area contributed by atoms with Crippen molar-refractivity contribution < 1.29 is 18.0 Å². The number of anilines is 1. The lowest BCUT2D eigenvalue weighted by Crippen LogP contribution is -2.14. The first-order valence-electron chi connectivity index (χ1n) is 6.37. The van der Waals surface area contributed by atoms with E-state index in [0.717, 1.165) is 11.6 Å². The van der Waals surface area contributed by atoms with E-state index in [0.29, 0.717) is 0 Å². The SMILES string of the molecule is Cc1ccc(S(=O)(=O)Nc2c([N+](=O)[O-])ccc3nonc23)cc1. The Morgan fingerprint density at radius 2 is 1.83 bits per heavy atom. The second-order valence-corrected chi connectivity index (χ2v) is 6.45. The van der Waals surface area contributed by atoms with Crippen molar-refractivity contribution in [3.05, 3.63) is 52.1 Å². The molecule has 3 rings (SSSR count). The molecule has 0 fully saturated rings. The van der Waals surface area contributed by atoms with E-state index in [2.05, 4.69) is 19.7 Å². The number of aryl methyl sites for hydroxylation is 1. The maximum atomic E-state index is 12.4. The normalized spacial score (nSPS) is 11.5. The maximum absolute atomic E-state index is 12.4. The fraction of sp³-hybridized carbons (Fsp3) is 0.0769. The fourth-order valence-corrected chi connectivity index (χ4v) is 3.09. The molecular formula is C13H10N4O5S. The van der Waals surface area contributed by atoms with Crippen LogP contribution < -0.4 is 4.72 Å². The third-order valence-corrected chi connectivity index (χ3v) is 4.54. The average molecular weight is 334 g/mol. The van der Waals surface area contributed by atoms with E-state index in [4.69, 9.17) is 0 Å². The first kappa shape index (κ1) is 14.9. The molecule has 0 bridgehead atoms. The predicted octanol–water partition coefficient (Wildman–Crippen LogP) is 2.24. The number of benzene rings is 2. The van der Waals surface area contributed by atoms with Gasteiger partial charge in [-0.05, 0) is 35.4 Å². The van der Waals surface area contributed by atoms with Crippen LogP contribution in [0.15, 0.2) is 45.9 Å². The Labute approximate surface area is 130 Å². The van der Waals surface area contributed by atoms with Crippen LogP contribution in [0.3, 0.4) is 0 Å². The van der Waals surface area contributed by atoms with Crippen molar-refractivity contribution in [2.75, 3.05) is 4.72 Å². The van der Waals surface area contributed by atoms with Gasteiger partial charge in [0.1, 0.15) is 5.52 Å². The van der Waals surface area contributed by atoms with Gasteiger partial charge >= 0.3 is 0 Å². The van der Waals surface area contributed by atoms with Gasteiger partial charge in [-0.15, -0.1) is 0 Å². The zero-order valence-corrected chi connectivity index (χ0v) is 12.6. The third-order valence-electron chi connectivity index (χ3n) is 3.17. The Bertz CT molecular complexity index is 995. The van der Waals surface area contributed by atoms with Crippen molar-refractivity contribution in [3.8, 4) is 0 Å². The second-order valence-electron chi connectivity index (χ2n) is 4.77. The molecule has 0 radical (unpaired) electrons. The second kappa shape index (κ2) is 5.32. The molecule has 0 saturated heterocycles. The average Bonchev–Trinajstić information content (AvgIpc) is 2.96. The minimum absolute atomic E-state index is 0.0224. The van der Waals surface area contributed by atoms with Gasteiger partial charge in [0.2, 0.25) is 0 Å². The van der Waals surface area contributed by atoms with Gasteiger partial charge < -0.3 is 0 Å². The van der Waals surface area contributed by atoms with Crippen LogP contribution in [0.2, 0.25) is 0 Å². The zero-order valence-electron chi connectivity index (χ0n) is 11.8. The highest BCUT2D eigenvalue weighted by atomic mass is 32.2. The van der Waals surface area contributed by atoms with E-state index >= 15 is 0 Å². The summed E-state index contributed by atoms with van der Waals surface area (Å²) in [6, 6.07) is 8.53. The summed E-state index contributed by atoms with van der Waals surface area (Å²) in [6.45, 7) is 1.82. The molecule has 1 aromatic heterocycles. The molecule has 0 saturated carbocycles. The highest BCUT2D eigenvalue weighted by Crippen LogP contribution is 2.32. The number of rotatable bonds is 4. The Morgan fingerprint density at radius 1 is 1.13 bits per heavy atom. The van der Waals surface area contributed by atoms with Gasteiger partial charge in [-0.25, -0.2) is 13.0 Å². The smallest absolute Gasteiger partial charge is 0.271 e. The molecule has 0 spiro atoms. The summed E-state index contributed by atoms with van der Waals surface area (Å²) in [5.41, 5.74) is 0.336. The van der Waals surface area contributed by atoms with Gasteiger partial charge in [-0.3, -0.25) is 14.8 Å². The Balaban J connectivity index is 2.13. The summed E-state index contributed by atoms with van der Waals surface area (Å²) in [7, 11) is -4.02. The molecule has 0 aliphatic rings. The third kappa shape index (κ3) is 2.71. The Kier molecular flexibility index (Phi) is 3.45. The fourth-order valence-electron chi connectivity index (χ4n) is 2.00. The van der Waals surface area contributed by atoms with Crippen molar-refractivity contribution in [1.29, 1.82) is 0 Å². The number of sulfonamides is 1. The molecule has 0 aliphatic heterocycles. The number of hydrogen-bond donors (Lipinski definition) is 1. The summed E-state index contributed by atoms with van der Waals surface area (Å²) in [4.78, 5) is 10.4. The lowest BCUT2D eigenvalue weighted by atomic mass is 10.2. The van der Waals surface area contributed by atoms with Crippen LogP contribution in [0.1, 0.15) is 5.56 Å². The molecule has 0 atom stereocenters. The van der Waals surface area contributed by atoms with Crippen LogP contribution in [-0.4, -0.2) is 23.7 Å². The zero-order chi connectivity index (χ0) is 16.6. The first-order valence-corrected chi connectivity index (χ1v) is 7.86. The van der Waals surface area contributed by atoms with Crippen molar-refractivity contribution in [2.45, 2.75) is 11.8 Å². The lowest BCUT2D eigenvalue weighted by Gasteiger charge is -2.08. The van der Waals surface area contributed by atoms with Gasteiger partial charge in [-0.2, -0.15) is 0 Å². The lowest BCUT2D eigenvalue weighted by molar-refractivity contribution is -0.383. The number of aromatic nitrogens is 2. The molecule has 0 amide bonds. The first-order chi connectivity index (χ1) is 10.9. The predicted molar refractivity (Wildman–Crippen MR) is 80.4 cm³/mol. The number of nitrogens with one attached hydrogen (secondary N) is 1. The Hall–Kier alpha value is -3.01. The number of hydrogen-bond acceptors (Lipinski definition) is 7. The maximum Gasteiger partial charge on any atom is 0.295 e. The topological polar surface area (TPSA) is 128 Å². The van der Waals surface area contributed by atoms with Crippen molar-refractivity contribution in [3.63, 3.8) is 0 Å². The molecule has 0 aliphatic carbocycles. The molecule has 3 aromatic rings. The van der Waals surface area contributed by atoms with E-state index in [9.17, 15) is 18.5 Å². The number of fused-ring (bicyclic) bond motifs is 1. The molecule has 2 aromatic carbocycles. The molecule has 10 heteroatoms. The standard InChI is InChI=1S/C13H10N4O5S/c1-8-2-4-9(5-3-8)23(20,21)16-13-11(17(18)19)7-6-10-12(13)15-22-14-10/h2-7,16H,1H3. The monoisotopic (exact) mass is 334 g/mol. The van der Waals surface area contributed by atoms with Crippen LogP contribution in [0, 0.1) is 17.0 Å². The van der Waals surface area contributed by atoms with Gasteiger partial charge in [0.15, 0.2) is 11.2 Å². The van der Waals surface area contributed by atoms with E-state index in [1.807, 2.05) is 6.92 Å². The van der Waals surface area contributed by atoms with E-state index in [1.165, 1.54) is 18.2 Å². The van der Waals surface area contributed by atoms with Crippen LogP contribution >= 0.6 is 0 Å². The van der Waals surface area contributed by atoms with Gasteiger partial charge in [0.25, 0.3) is 15.7 Å². The van der Waals surface area contributed by atoms with E-state index in [1.54, 1.807) is 12.1 Å². The molecule has 1 N–H and O–H groups in total. The molecule has 1 heterocycles. The molecular weight excluding hydrogens is 324 g/mol. The van der Waals surface area contributed by atoms with Crippen LogP contribution in [0.5, 0.6) is 0 Å². The van der Waals surface area contributed by atoms with Gasteiger partial charge in [0.05, 0.1) is 9.82 Å². The van der Waals surface area contributed by atoms with Crippen molar-refractivity contribution in [2.24, 2.45) is 0 Å². The van der Waals surface area contributed by atoms with Gasteiger partial charge in [0, 0.05) is 6.07 Å².